The van der Waals surface area contributed by atoms with Crippen molar-refractivity contribution in [2.45, 2.75) is 313 Å². The third kappa shape index (κ3) is 34.7. The number of carbonyl (C=O) groups is 1. The lowest BCUT2D eigenvalue weighted by molar-refractivity contribution is -0.332. The predicted molar refractivity (Wildman–Crippen MR) is 298 cm³/mol. The monoisotopic (exact) mass is 1070 g/mol. The van der Waals surface area contributed by atoms with Gasteiger partial charge in [-0.15, -0.1) is 0 Å². The Hall–Kier alpha value is -1.79. The van der Waals surface area contributed by atoms with Crippen molar-refractivity contribution in [3.63, 3.8) is 0 Å². The van der Waals surface area contributed by atoms with E-state index in [2.05, 4.69) is 50.3 Å². The fourth-order valence-electron chi connectivity index (χ4n) is 9.71. The molecule has 0 radical (unpaired) electrons. The summed E-state index contributed by atoms with van der Waals surface area (Å²) >= 11 is 0. The van der Waals surface area contributed by atoms with Crippen LogP contribution in [0.1, 0.15) is 245 Å². The van der Waals surface area contributed by atoms with Crippen molar-refractivity contribution >= 4 is 5.97 Å². The molecule has 2 aliphatic rings. The van der Waals surface area contributed by atoms with Crippen molar-refractivity contribution in [3.8, 4) is 0 Å². The van der Waals surface area contributed by atoms with Gasteiger partial charge in [0.25, 0.3) is 0 Å². The zero-order valence-corrected chi connectivity index (χ0v) is 47.3. The van der Waals surface area contributed by atoms with Gasteiger partial charge in [-0.1, -0.05) is 224 Å². The summed E-state index contributed by atoms with van der Waals surface area (Å²) in [6.45, 7) is 3.69. The molecule has 14 nitrogen and oxygen atoms in total. The van der Waals surface area contributed by atoms with Crippen molar-refractivity contribution in [1.82, 2.24) is 0 Å². The first-order chi connectivity index (χ1) is 36.6. The minimum absolute atomic E-state index is 0.0594. The van der Waals surface area contributed by atoms with E-state index in [9.17, 15) is 40.5 Å². The average Bonchev–Trinajstić information content (AvgIpc) is 3.41. The van der Waals surface area contributed by atoms with E-state index >= 15 is 0 Å². The molecule has 0 aromatic rings. The molecular formula is C61H112O14. The molecule has 0 aliphatic carbocycles. The molecule has 0 saturated carbocycles. The van der Waals surface area contributed by atoms with Gasteiger partial charge in [-0.05, 0) is 51.4 Å². The van der Waals surface area contributed by atoms with Crippen LogP contribution in [-0.2, 0) is 33.2 Å². The standard InChI is InChI=1S/C61H112O14/c1-3-5-7-9-11-13-15-17-19-21-23-24-25-27-29-31-33-35-37-39-41-43-45-70-47-50(73-53(63)44-42-40-38-36-34-32-30-28-26-22-20-18-16-14-12-10-8-6-4-2)48-71-60-59(69)57(67)55(65)52(75-60)49-72-61-58(68)56(66)54(64)51(46-62)74-61/h12,14,18,20,26,28,50-52,54-62,64-69H,3-11,13,15-17,19,21-25,27,29-49H2,1-2H3/b14-12-,20-18-,28-26-. The lowest BCUT2D eigenvalue weighted by atomic mass is 9.98. The Balaban J connectivity index is 1.70. The number of hydrogen-bond donors (Lipinski definition) is 7. The van der Waals surface area contributed by atoms with Crippen LogP contribution in [0.25, 0.3) is 0 Å². The highest BCUT2D eigenvalue weighted by Crippen LogP contribution is 2.27. The second kappa shape index (κ2) is 48.1. The molecule has 2 fully saturated rings. The zero-order chi connectivity index (χ0) is 54.4. The van der Waals surface area contributed by atoms with Gasteiger partial charge in [0.2, 0.25) is 0 Å². The van der Waals surface area contributed by atoms with Crippen LogP contribution in [0.5, 0.6) is 0 Å². The van der Waals surface area contributed by atoms with Gasteiger partial charge in [-0.2, -0.15) is 0 Å². The second-order valence-corrected chi connectivity index (χ2v) is 21.5. The maximum absolute atomic E-state index is 13.1. The Bertz CT molecular complexity index is 1380. The third-order valence-corrected chi connectivity index (χ3v) is 14.7. The van der Waals surface area contributed by atoms with E-state index in [1.165, 1.54) is 148 Å². The first-order valence-electron chi connectivity index (χ1n) is 30.6. The molecular weight excluding hydrogens is 957 g/mol. The van der Waals surface area contributed by atoms with E-state index in [4.69, 9.17) is 28.4 Å². The lowest BCUT2D eigenvalue weighted by Gasteiger charge is -2.42. The first kappa shape index (κ1) is 69.3. The molecule has 14 heteroatoms. The minimum atomic E-state index is -1.71. The van der Waals surface area contributed by atoms with Crippen LogP contribution in [0.3, 0.4) is 0 Å². The van der Waals surface area contributed by atoms with Gasteiger partial charge in [-0.25, -0.2) is 0 Å². The first-order valence-corrected chi connectivity index (χ1v) is 30.6. The van der Waals surface area contributed by atoms with Crippen molar-refractivity contribution in [3.05, 3.63) is 36.5 Å². The number of unbranched alkanes of at least 4 members (excludes halogenated alkanes) is 30. The molecule has 440 valence electrons. The molecule has 2 aliphatic heterocycles. The maximum atomic E-state index is 13.1. The molecule has 11 atom stereocenters. The van der Waals surface area contributed by atoms with Gasteiger partial charge in [0.15, 0.2) is 12.6 Å². The number of esters is 1. The molecule has 2 heterocycles. The van der Waals surface area contributed by atoms with Crippen molar-refractivity contribution in [1.29, 1.82) is 0 Å². The van der Waals surface area contributed by atoms with Gasteiger partial charge >= 0.3 is 5.97 Å². The Morgan fingerprint density at radius 1 is 0.440 bits per heavy atom. The van der Waals surface area contributed by atoms with E-state index in [0.717, 1.165) is 70.6 Å². The Labute approximate surface area is 455 Å². The summed E-state index contributed by atoms with van der Waals surface area (Å²) in [5, 5.41) is 72.4. The van der Waals surface area contributed by atoms with Crippen molar-refractivity contribution in [2.75, 3.05) is 33.0 Å². The van der Waals surface area contributed by atoms with Crippen LogP contribution in [0, 0.1) is 0 Å². The quantitative estimate of drug-likeness (QED) is 0.0172. The van der Waals surface area contributed by atoms with Crippen LogP contribution < -0.4 is 0 Å². The van der Waals surface area contributed by atoms with Gasteiger partial charge in [0.1, 0.15) is 54.9 Å². The third-order valence-electron chi connectivity index (χ3n) is 14.7. The molecule has 0 aromatic heterocycles. The van der Waals surface area contributed by atoms with E-state index in [1.807, 2.05) is 0 Å². The molecule has 2 rings (SSSR count). The fourth-order valence-corrected chi connectivity index (χ4v) is 9.71. The van der Waals surface area contributed by atoms with Crippen molar-refractivity contribution in [2.24, 2.45) is 0 Å². The van der Waals surface area contributed by atoms with E-state index in [1.54, 1.807) is 0 Å². The number of hydrogen-bond acceptors (Lipinski definition) is 14. The topological polar surface area (TPSA) is 214 Å². The summed E-state index contributed by atoms with van der Waals surface area (Å²) in [6.07, 6.45) is 40.6. The molecule has 11 unspecified atom stereocenters. The predicted octanol–water partition coefficient (Wildman–Crippen LogP) is 11.3. The number of rotatable bonds is 50. The minimum Gasteiger partial charge on any atom is -0.457 e. The van der Waals surface area contributed by atoms with E-state index in [0.29, 0.717) is 13.0 Å². The summed E-state index contributed by atoms with van der Waals surface area (Å²) in [6, 6.07) is 0. The smallest absolute Gasteiger partial charge is 0.306 e. The van der Waals surface area contributed by atoms with Crippen LogP contribution >= 0.6 is 0 Å². The maximum Gasteiger partial charge on any atom is 0.306 e. The van der Waals surface area contributed by atoms with Gasteiger partial charge < -0.3 is 64.2 Å². The average molecular weight is 1070 g/mol. The molecule has 75 heavy (non-hydrogen) atoms. The largest absolute Gasteiger partial charge is 0.457 e. The van der Waals surface area contributed by atoms with Crippen LogP contribution in [-0.4, -0.2) is 142 Å². The van der Waals surface area contributed by atoms with Crippen LogP contribution in [0.15, 0.2) is 36.5 Å². The summed E-state index contributed by atoms with van der Waals surface area (Å²) in [5.41, 5.74) is 0. The number of aliphatic hydroxyl groups is 7. The van der Waals surface area contributed by atoms with Gasteiger partial charge in [0.05, 0.1) is 26.4 Å². The normalized spacial score (nSPS) is 24.8. The molecule has 7 N–H and O–H groups in total. The number of carbonyl (C=O) groups excluding carboxylic acids is 1. The highest BCUT2D eigenvalue weighted by molar-refractivity contribution is 5.69. The SMILES string of the molecule is CCCCC/C=C\C/C=C\C/C=C\CCCCCCCCC(=O)OC(COCCCCCCCCCCCCCCCCCCCCCCCC)COC1OC(COC2OC(CO)C(O)C(O)C2O)C(O)C(O)C1O. The summed E-state index contributed by atoms with van der Waals surface area (Å²) in [4.78, 5) is 13.1. The zero-order valence-electron chi connectivity index (χ0n) is 47.3. The van der Waals surface area contributed by atoms with Gasteiger partial charge in [-0.3, -0.25) is 4.79 Å². The Morgan fingerprint density at radius 2 is 0.827 bits per heavy atom. The van der Waals surface area contributed by atoms with E-state index in [-0.39, 0.29) is 25.6 Å². The highest BCUT2D eigenvalue weighted by Gasteiger charge is 2.47. The Kier molecular flexibility index (Phi) is 44.5. The van der Waals surface area contributed by atoms with Gasteiger partial charge in [0, 0.05) is 13.0 Å². The summed E-state index contributed by atoms with van der Waals surface area (Å²) in [5.74, 6) is -0.384. The molecule has 0 aromatic carbocycles. The fraction of sp³-hybridized carbons (Fsp3) is 0.885. The van der Waals surface area contributed by atoms with Crippen LogP contribution in [0.4, 0.5) is 0 Å². The van der Waals surface area contributed by atoms with E-state index < -0.39 is 80.7 Å². The second-order valence-electron chi connectivity index (χ2n) is 21.5. The highest BCUT2D eigenvalue weighted by atomic mass is 16.7. The number of allylic oxidation sites excluding steroid dienone is 6. The lowest BCUT2D eigenvalue weighted by Crippen LogP contribution is -2.61. The van der Waals surface area contributed by atoms with Crippen molar-refractivity contribution < 1.29 is 69.0 Å². The molecule has 0 spiro atoms. The molecule has 0 bridgehead atoms. The molecule has 2 saturated heterocycles. The number of ether oxygens (including phenoxy) is 6. The summed E-state index contributed by atoms with van der Waals surface area (Å²) in [7, 11) is 0. The number of aliphatic hydroxyl groups excluding tert-OH is 7. The van der Waals surface area contributed by atoms with Crippen LogP contribution in [0.2, 0.25) is 0 Å². The summed E-state index contributed by atoms with van der Waals surface area (Å²) < 4.78 is 34.4. The Morgan fingerprint density at radius 3 is 1.32 bits per heavy atom. The molecule has 0 amide bonds.